The zero-order chi connectivity index (χ0) is 14.9. The van der Waals surface area contributed by atoms with Crippen LogP contribution in [0.5, 0.6) is 0 Å². The number of ketones is 1. The van der Waals surface area contributed by atoms with Crippen molar-refractivity contribution in [3.05, 3.63) is 66.0 Å². The first kappa shape index (κ1) is 15.3. The van der Waals surface area contributed by atoms with Crippen LogP contribution in [0.3, 0.4) is 0 Å². The number of rotatable bonds is 7. The summed E-state index contributed by atoms with van der Waals surface area (Å²) >= 11 is 1.48. The third kappa shape index (κ3) is 5.39. The summed E-state index contributed by atoms with van der Waals surface area (Å²) in [5.41, 5.74) is 1.55. The van der Waals surface area contributed by atoms with Crippen LogP contribution in [-0.4, -0.2) is 29.0 Å². The Labute approximate surface area is 128 Å². The first-order valence-electron chi connectivity index (χ1n) is 6.58. The Balaban J connectivity index is 1.67. The minimum atomic E-state index is -0.139. The van der Waals surface area contributed by atoms with Crippen LogP contribution in [0.25, 0.3) is 0 Å². The van der Waals surface area contributed by atoms with Crippen molar-refractivity contribution < 1.29 is 9.59 Å². The zero-order valence-corrected chi connectivity index (χ0v) is 12.3. The summed E-state index contributed by atoms with van der Waals surface area (Å²) < 4.78 is 0. The van der Waals surface area contributed by atoms with Gasteiger partial charge in [-0.1, -0.05) is 36.4 Å². The number of benzene rings is 1. The van der Waals surface area contributed by atoms with Gasteiger partial charge >= 0.3 is 0 Å². The Morgan fingerprint density at radius 1 is 1.05 bits per heavy atom. The van der Waals surface area contributed by atoms with Crippen molar-refractivity contribution in [2.24, 2.45) is 0 Å². The standard InChI is InChI=1S/C16H16N2O2S/c19-15(13-6-2-1-3-7-13)10-18-16(20)12-21-11-14-8-4-5-9-17-14/h1-9H,10-12H2,(H,18,20). The molecule has 0 aliphatic heterocycles. The molecule has 4 nitrogen and oxygen atoms in total. The molecule has 2 rings (SSSR count). The fourth-order valence-electron chi connectivity index (χ4n) is 1.69. The van der Waals surface area contributed by atoms with E-state index in [4.69, 9.17) is 0 Å². The molecule has 0 fully saturated rings. The second-order valence-electron chi connectivity index (χ2n) is 4.38. The third-order valence-electron chi connectivity index (χ3n) is 2.75. The molecule has 108 valence electrons. The van der Waals surface area contributed by atoms with Gasteiger partial charge in [0.15, 0.2) is 5.78 Å². The number of nitrogens with zero attached hydrogens (tertiary/aromatic N) is 1. The first-order valence-corrected chi connectivity index (χ1v) is 7.74. The van der Waals surface area contributed by atoms with Gasteiger partial charge in [0, 0.05) is 17.5 Å². The van der Waals surface area contributed by atoms with E-state index in [1.165, 1.54) is 11.8 Å². The fraction of sp³-hybridized carbons (Fsp3) is 0.188. The highest BCUT2D eigenvalue weighted by atomic mass is 32.2. The van der Waals surface area contributed by atoms with Crippen molar-refractivity contribution in [3.8, 4) is 0 Å². The Hall–Kier alpha value is -2.14. The van der Waals surface area contributed by atoms with E-state index < -0.39 is 0 Å². The minimum Gasteiger partial charge on any atom is -0.348 e. The molecule has 0 spiro atoms. The van der Waals surface area contributed by atoms with Crippen LogP contribution in [0, 0.1) is 0 Å². The smallest absolute Gasteiger partial charge is 0.230 e. The number of hydrogen-bond acceptors (Lipinski definition) is 4. The average molecular weight is 300 g/mol. The molecular weight excluding hydrogens is 284 g/mol. The van der Waals surface area contributed by atoms with Gasteiger partial charge in [-0.15, -0.1) is 11.8 Å². The van der Waals surface area contributed by atoms with Crippen LogP contribution in [0.2, 0.25) is 0 Å². The molecule has 1 aromatic carbocycles. The highest BCUT2D eigenvalue weighted by molar-refractivity contribution is 7.99. The molecule has 0 saturated heterocycles. The molecule has 1 aromatic heterocycles. The summed E-state index contributed by atoms with van der Waals surface area (Å²) in [6, 6.07) is 14.6. The van der Waals surface area contributed by atoms with E-state index in [1.807, 2.05) is 24.3 Å². The largest absolute Gasteiger partial charge is 0.348 e. The van der Waals surface area contributed by atoms with Gasteiger partial charge < -0.3 is 5.32 Å². The monoisotopic (exact) mass is 300 g/mol. The maximum Gasteiger partial charge on any atom is 0.230 e. The van der Waals surface area contributed by atoms with Crippen molar-refractivity contribution in [3.63, 3.8) is 0 Å². The van der Waals surface area contributed by atoms with Gasteiger partial charge in [-0.3, -0.25) is 14.6 Å². The molecule has 0 atom stereocenters. The van der Waals surface area contributed by atoms with E-state index >= 15 is 0 Å². The summed E-state index contributed by atoms with van der Waals surface area (Å²) in [6.45, 7) is 0.0347. The van der Waals surface area contributed by atoms with Crippen LogP contribution < -0.4 is 5.32 Å². The number of pyridine rings is 1. The van der Waals surface area contributed by atoms with Gasteiger partial charge in [0.2, 0.25) is 5.91 Å². The van der Waals surface area contributed by atoms with Crippen LogP contribution in [0.4, 0.5) is 0 Å². The summed E-state index contributed by atoms with van der Waals surface area (Å²) in [5.74, 6) is 0.776. The van der Waals surface area contributed by atoms with Gasteiger partial charge in [-0.25, -0.2) is 0 Å². The number of nitrogens with one attached hydrogen (secondary N) is 1. The maximum absolute atomic E-state index is 11.8. The molecule has 0 aliphatic carbocycles. The molecule has 5 heteroatoms. The molecular formula is C16H16N2O2S. The third-order valence-corrected chi connectivity index (χ3v) is 3.72. The minimum absolute atomic E-state index is 0.0347. The number of thioether (sulfide) groups is 1. The predicted molar refractivity (Wildman–Crippen MR) is 84.2 cm³/mol. The van der Waals surface area contributed by atoms with Crippen molar-refractivity contribution >= 4 is 23.5 Å². The van der Waals surface area contributed by atoms with Gasteiger partial charge in [-0.2, -0.15) is 0 Å². The molecule has 1 heterocycles. The highest BCUT2D eigenvalue weighted by Gasteiger charge is 2.07. The highest BCUT2D eigenvalue weighted by Crippen LogP contribution is 2.08. The molecule has 1 amide bonds. The fourth-order valence-corrected chi connectivity index (χ4v) is 2.46. The normalized spacial score (nSPS) is 10.1. The number of amides is 1. The SMILES string of the molecule is O=C(CSCc1ccccn1)NCC(=O)c1ccccc1. The molecule has 0 radical (unpaired) electrons. The van der Waals surface area contributed by atoms with Gasteiger partial charge in [0.05, 0.1) is 18.0 Å². The topological polar surface area (TPSA) is 59.1 Å². The quantitative estimate of drug-likeness (QED) is 0.797. The molecule has 0 saturated carbocycles. The average Bonchev–Trinajstić information content (AvgIpc) is 2.54. The van der Waals surface area contributed by atoms with Crippen molar-refractivity contribution in [1.82, 2.24) is 10.3 Å². The molecule has 1 N–H and O–H groups in total. The number of carbonyl (C=O) groups is 2. The molecule has 0 bridgehead atoms. The lowest BCUT2D eigenvalue weighted by atomic mass is 10.1. The van der Waals surface area contributed by atoms with E-state index in [9.17, 15) is 9.59 Å². The number of aromatic nitrogens is 1. The Bertz CT molecular complexity index is 588. The van der Waals surface area contributed by atoms with E-state index in [1.54, 1.807) is 30.5 Å². The summed E-state index contributed by atoms with van der Waals surface area (Å²) in [6.07, 6.45) is 1.73. The van der Waals surface area contributed by atoms with E-state index in [-0.39, 0.29) is 18.2 Å². The van der Waals surface area contributed by atoms with Crippen LogP contribution in [-0.2, 0) is 10.5 Å². The molecule has 21 heavy (non-hydrogen) atoms. The number of hydrogen-bond donors (Lipinski definition) is 1. The van der Waals surface area contributed by atoms with E-state index in [0.717, 1.165) is 5.69 Å². The molecule has 0 unspecified atom stereocenters. The maximum atomic E-state index is 11.8. The van der Waals surface area contributed by atoms with Crippen LogP contribution >= 0.6 is 11.8 Å². The van der Waals surface area contributed by atoms with Crippen molar-refractivity contribution in [1.29, 1.82) is 0 Å². The van der Waals surface area contributed by atoms with Gasteiger partial charge in [0.1, 0.15) is 0 Å². The van der Waals surface area contributed by atoms with Crippen molar-refractivity contribution in [2.45, 2.75) is 5.75 Å². The molecule has 0 aliphatic rings. The Morgan fingerprint density at radius 2 is 1.81 bits per heavy atom. The summed E-state index contributed by atoms with van der Waals surface area (Å²) in [4.78, 5) is 27.7. The van der Waals surface area contributed by atoms with Gasteiger partial charge in [-0.05, 0) is 12.1 Å². The number of Topliss-reactive ketones (excluding diaryl/α,β-unsaturated/α-hetero) is 1. The lowest BCUT2D eigenvalue weighted by Gasteiger charge is -2.04. The van der Waals surface area contributed by atoms with Crippen molar-refractivity contribution in [2.75, 3.05) is 12.3 Å². The lowest BCUT2D eigenvalue weighted by molar-refractivity contribution is -0.118. The second kappa shape index (κ2) is 8.21. The Kier molecular flexibility index (Phi) is 5.97. The van der Waals surface area contributed by atoms with Crippen LogP contribution in [0.15, 0.2) is 54.7 Å². The Morgan fingerprint density at radius 3 is 2.52 bits per heavy atom. The molecule has 2 aromatic rings. The summed E-state index contributed by atoms with van der Waals surface area (Å²) in [7, 11) is 0. The lowest BCUT2D eigenvalue weighted by Crippen LogP contribution is -2.30. The second-order valence-corrected chi connectivity index (χ2v) is 5.37. The van der Waals surface area contributed by atoms with E-state index in [2.05, 4.69) is 10.3 Å². The summed E-state index contributed by atoms with van der Waals surface area (Å²) in [5, 5.41) is 2.64. The van der Waals surface area contributed by atoms with Gasteiger partial charge in [0.25, 0.3) is 0 Å². The number of carbonyl (C=O) groups excluding carboxylic acids is 2. The first-order chi connectivity index (χ1) is 10.3. The van der Waals surface area contributed by atoms with Crippen LogP contribution in [0.1, 0.15) is 16.1 Å². The van der Waals surface area contributed by atoms with E-state index in [0.29, 0.717) is 17.1 Å². The predicted octanol–water partition coefficient (Wildman–Crippen LogP) is 2.31. The zero-order valence-electron chi connectivity index (χ0n) is 11.5.